The van der Waals surface area contributed by atoms with E-state index in [1.54, 1.807) is 0 Å². The van der Waals surface area contributed by atoms with E-state index < -0.39 is 0 Å². The highest BCUT2D eigenvalue weighted by molar-refractivity contribution is 5.76. The first-order valence-electron chi connectivity index (χ1n) is 12.3. The highest BCUT2D eigenvalue weighted by atomic mass is 16.5. The Morgan fingerprint density at radius 2 is 1.21 bits per heavy atom. The third-order valence-corrected chi connectivity index (χ3v) is 7.51. The molecule has 2 fully saturated rings. The Morgan fingerprint density at radius 3 is 1.62 bits per heavy atom. The molecule has 1 aromatic carbocycles. The van der Waals surface area contributed by atoms with Crippen molar-refractivity contribution in [3.8, 4) is 5.75 Å². The van der Waals surface area contributed by atoms with E-state index in [2.05, 4.69) is 39.8 Å². The van der Waals surface area contributed by atoms with Crippen LogP contribution in [0.15, 0.2) is 24.3 Å². The maximum atomic E-state index is 13.3. The van der Waals surface area contributed by atoms with E-state index in [-0.39, 0.29) is 11.9 Å². The molecule has 2 aliphatic rings. The molecular formula is C27H42O2. The standard InChI is InChI=1S/C27H42O2/c1-19(2)25(20(3)4)23-15-17-24(18-16-23)29-27(28)26(21-11-7-5-8-12-21)22-13-9-6-10-14-22/h15-22,25-26H,5-14H2,1-4H3. The molecule has 0 atom stereocenters. The van der Waals surface area contributed by atoms with Crippen LogP contribution in [0.1, 0.15) is 103 Å². The van der Waals surface area contributed by atoms with Crippen molar-refractivity contribution in [2.24, 2.45) is 29.6 Å². The molecule has 162 valence electrons. The monoisotopic (exact) mass is 398 g/mol. The van der Waals surface area contributed by atoms with E-state index in [0.29, 0.717) is 29.6 Å². The van der Waals surface area contributed by atoms with Gasteiger partial charge in [-0.15, -0.1) is 0 Å². The first-order chi connectivity index (χ1) is 14.0. The molecule has 0 radical (unpaired) electrons. The second-order valence-electron chi connectivity index (χ2n) is 10.3. The summed E-state index contributed by atoms with van der Waals surface area (Å²) in [4.78, 5) is 13.3. The fraction of sp³-hybridized carbons (Fsp3) is 0.741. The van der Waals surface area contributed by atoms with E-state index in [1.807, 2.05) is 12.1 Å². The zero-order chi connectivity index (χ0) is 20.8. The summed E-state index contributed by atoms with van der Waals surface area (Å²) in [6, 6.07) is 8.38. The first kappa shape index (κ1) is 22.4. The Labute approximate surface area is 178 Å². The van der Waals surface area contributed by atoms with Crippen LogP contribution in [-0.2, 0) is 4.79 Å². The lowest BCUT2D eigenvalue weighted by molar-refractivity contribution is -0.144. The second-order valence-corrected chi connectivity index (χ2v) is 10.3. The van der Waals surface area contributed by atoms with Gasteiger partial charge in [-0.25, -0.2) is 0 Å². The number of benzene rings is 1. The Balaban J connectivity index is 1.71. The number of carbonyl (C=O) groups excluding carboxylic acids is 1. The Morgan fingerprint density at radius 1 is 0.759 bits per heavy atom. The maximum absolute atomic E-state index is 13.3. The second kappa shape index (κ2) is 10.6. The van der Waals surface area contributed by atoms with Crippen LogP contribution in [0.5, 0.6) is 5.75 Å². The average Bonchev–Trinajstić information content (AvgIpc) is 2.71. The van der Waals surface area contributed by atoms with Crippen LogP contribution in [0, 0.1) is 29.6 Å². The summed E-state index contributed by atoms with van der Waals surface area (Å²) in [5.41, 5.74) is 1.35. The third-order valence-electron chi connectivity index (χ3n) is 7.51. The summed E-state index contributed by atoms with van der Waals surface area (Å²) < 4.78 is 6.00. The summed E-state index contributed by atoms with van der Waals surface area (Å²) in [6.45, 7) is 9.16. The van der Waals surface area contributed by atoms with Crippen molar-refractivity contribution in [2.75, 3.05) is 0 Å². The van der Waals surface area contributed by atoms with Crippen LogP contribution in [0.3, 0.4) is 0 Å². The number of carbonyl (C=O) groups is 1. The summed E-state index contributed by atoms with van der Waals surface area (Å²) in [7, 11) is 0. The fourth-order valence-corrected chi connectivity index (χ4v) is 6.24. The molecule has 0 aromatic heterocycles. The minimum absolute atomic E-state index is 0.0424. The number of hydrogen-bond donors (Lipinski definition) is 0. The van der Waals surface area contributed by atoms with E-state index in [9.17, 15) is 4.79 Å². The summed E-state index contributed by atoms with van der Waals surface area (Å²) in [5.74, 6) is 3.68. The van der Waals surface area contributed by atoms with Crippen molar-refractivity contribution in [3.63, 3.8) is 0 Å². The van der Waals surface area contributed by atoms with Gasteiger partial charge in [0.05, 0.1) is 5.92 Å². The largest absolute Gasteiger partial charge is 0.426 e. The van der Waals surface area contributed by atoms with Crippen LogP contribution in [0.25, 0.3) is 0 Å². The molecule has 29 heavy (non-hydrogen) atoms. The quantitative estimate of drug-likeness (QED) is 0.346. The molecule has 0 saturated heterocycles. The number of esters is 1. The van der Waals surface area contributed by atoms with E-state index in [4.69, 9.17) is 4.74 Å². The fourth-order valence-electron chi connectivity index (χ4n) is 6.24. The molecule has 3 rings (SSSR count). The van der Waals surface area contributed by atoms with E-state index in [1.165, 1.54) is 69.8 Å². The van der Waals surface area contributed by atoms with Crippen LogP contribution in [-0.4, -0.2) is 5.97 Å². The van der Waals surface area contributed by atoms with Gasteiger partial charge < -0.3 is 4.74 Å². The Kier molecular flexibility index (Phi) is 8.21. The number of ether oxygens (including phenoxy) is 1. The van der Waals surface area contributed by atoms with Gasteiger partial charge in [-0.1, -0.05) is 78.4 Å². The van der Waals surface area contributed by atoms with Gasteiger partial charge in [-0.3, -0.25) is 4.79 Å². The summed E-state index contributed by atoms with van der Waals surface area (Å²) in [5, 5.41) is 0. The van der Waals surface area contributed by atoms with Gasteiger partial charge in [-0.2, -0.15) is 0 Å². The van der Waals surface area contributed by atoms with Gasteiger partial charge in [0, 0.05) is 0 Å². The lowest BCUT2D eigenvalue weighted by atomic mass is 9.69. The number of hydrogen-bond acceptors (Lipinski definition) is 2. The van der Waals surface area contributed by atoms with Crippen molar-refractivity contribution in [1.29, 1.82) is 0 Å². The van der Waals surface area contributed by atoms with Gasteiger partial charge in [0.15, 0.2) is 0 Å². The van der Waals surface area contributed by atoms with E-state index in [0.717, 1.165) is 5.75 Å². The first-order valence-corrected chi connectivity index (χ1v) is 12.3. The van der Waals surface area contributed by atoms with E-state index >= 15 is 0 Å². The Hall–Kier alpha value is -1.31. The van der Waals surface area contributed by atoms with Gasteiger partial charge in [0.1, 0.15) is 5.75 Å². The lowest BCUT2D eigenvalue weighted by Gasteiger charge is -2.36. The zero-order valence-electron chi connectivity index (χ0n) is 19.2. The molecule has 0 unspecified atom stereocenters. The molecule has 0 spiro atoms. The minimum Gasteiger partial charge on any atom is -0.426 e. The molecule has 0 aliphatic heterocycles. The maximum Gasteiger partial charge on any atom is 0.314 e. The van der Waals surface area contributed by atoms with Gasteiger partial charge in [0.25, 0.3) is 0 Å². The van der Waals surface area contributed by atoms with Crippen LogP contribution in [0.2, 0.25) is 0 Å². The molecule has 2 aliphatic carbocycles. The van der Waals surface area contributed by atoms with Crippen LogP contribution < -0.4 is 4.74 Å². The average molecular weight is 399 g/mol. The highest BCUT2D eigenvalue weighted by Gasteiger charge is 2.37. The molecule has 0 heterocycles. The molecular weight excluding hydrogens is 356 g/mol. The minimum atomic E-state index is 0.0424. The van der Waals surface area contributed by atoms with Crippen LogP contribution in [0.4, 0.5) is 0 Å². The SMILES string of the molecule is CC(C)C(c1ccc(OC(=O)C(C2CCCCC2)C2CCCCC2)cc1)C(C)C. The highest BCUT2D eigenvalue weighted by Crippen LogP contribution is 2.41. The van der Waals surface area contributed by atoms with Crippen LogP contribution >= 0.6 is 0 Å². The van der Waals surface area contributed by atoms with Crippen molar-refractivity contribution >= 4 is 5.97 Å². The predicted molar refractivity (Wildman–Crippen MR) is 121 cm³/mol. The zero-order valence-corrected chi connectivity index (χ0v) is 19.2. The molecule has 0 N–H and O–H groups in total. The smallest absolute Gasteiger partial charge is 0.314 e. The van der Waals surface area contributed by atoms with Gasteiger partial charge in [-0.05, 0) is 73.0 Å². The lowest BCUT2D eigenvalue weighted by Crippen LogP contribution is -2.36. The van der Waals surface area contributed by atoms with Gasteiger partial charge in [0.2, 0.25) is 0 Å². The van der Waals surface area contributed by atoms with Crippen molar-refractivity contribution in [2.45, 2.75) is 97.8 Å². The molecule has 1 aromatic rings. The number of rotatable bonds is 7. The molecule has 0 amide bonds. The van der Waals surface area contributed by atoms with Gasteiger partial charge >= 0.3 is 5.97 Å². The summed E-state index contributed by atoms with van der Waals surface area (Å²) >= 11 is 0. The molecule has 2 saturated carbocycles. The normalized spacial score (nSPS) is 19.4. The molecule has 2 heteroatoms. The predicted octanol–water partition coefficient (Wildman–Crippen LogP) is 7.76. The molecule has 2 nitrogen and oxygen atoms in total. The summed E-state index contributed by atoms with van der Waals surface area (Å²) in [6.07, 6.45) is 12.6. The van der Waals surface area contributed by atoms with Crippen molar-refractivity contribution in [3.05, 3.63) is 29.8 Å². The Bertz CT molecular complexity index is 592. The van der Waals surface area contributed by atoms with Crippen molar-refractivity contribution in [1.82, 2.24) is 0 Å². The topological polar surface area (TPSA) is 26.3 Å². The molecule has 0 bridgehead atoms. The van der Waals surface area contributed by atoms with Crippen molar-refractivity contribution < 1.29 is 9.53 Å². The third kappa shape index (κ3) is 5.86.